The highest BCUT2D eigenvalue weighted by atomic mass is 127. The minimum absolute atomic E-state index is 0.0895. The molecule has 0 fully saturated rings. The van der Waals surface area contributed by atoms with Crippen LogP contribution < -0.4 is 5.73 Å². The van der Waals surface area contributed by atoms with E-state index in [1.54, 1.807) is 10.9 Å². The number of aliphatic hydroxyl groups is 2. The number of aliphatic hydroxyl groups excluding tert-OH is 2. The number of aromatic nitrogens is 4. The summed E-state index contributed by atoms with van der Waals surface area (Å²) in [5.74, 6) is -0.0468. The molecule has 2 rings (SSSR count). The Bertz CT molecular complexity index is 525. The number of rotatable bonds is 4. The van der Waals surface area contributed by atoms with Gasteiger partial charge in [0.15, 0.2) is 5.65 Å². The van der Waals surface area contributed by atoms with Crippen LogP contribution in [-0.2, 0) is 6.54 Å². The molecule has 0 radical (unpaired) electrons. The number of hydrogen-bond donors (Lipinski definition) is 3. The van der Waals surface area contributed by atoms with E-state index in [-0.39, 0.29) is 25.1 Å². The number of halogens is 1. The van der Waals surface area contributed by atoms with E-state index in [2.05, 4.69) is 15.0 Å². The van der Waals surface area contributed by atoms with E-state index in [4.69, 9.17) is 15.9 Å². The van der Waals surface area contributed by atoms with E-state index in [1.807, 2.05) is 22.6 Å². The molecule has 17 heavy (non-hydrogen) atoms. The average Bonchev–Trinajstić information content (AvgIpc) is 2.69. The molecule has 0 aliphatic rings. The van der Waals surface area contributed by atoms with E-state index >= 15 is 0 Å². The molecule has 0 atom stereocenters. The van der Waals surface area contributed by atoms with Gasteiger partial charge in [0.25, 0.3) is 0 Å². The number of nitrogens with zero attached hydrogens (tertiary/aromatic N) is 4. The monoisotopic (exact) mass is 349 g/mol. The molecule has 0 amide bonds. The Labute approximate surface area is 111 Å². The van der Waals surface area contributed by atoms with Gasteiger partial charge >= 0.3 is 0 Å². The fourth-order valence-electron chi connectivity index (χ4n) is 1.51. The highest BCUT2D eigenvalue weighted by Gasteiger charge is 2.13. The van der Waals surface area contributed by atoms with Crippen molar-refractivity contribution in [1.82, 2.24) is 19.5 Å². The van der Waals surface area contributed by atoms with E-state index in [0.717, 1.165) is 0 Å². The maximum atomic E-state index is 9.05. The molecule has 0 aromatic carbocycles. The van der Waals surface area contributed by atoms with Crippen molar-refractivity contribution in [1.29, 1.82) is 0 Å². The lowest BCUT2D eigenvalue weighted by molar-refractivity contribution is 0.138. The van der Waals surface area contributed by atoms with Crippen LogP contribution in [0.4, 0.5) is 5.95 Å². The number of fused-ring (bicyclic) bond motifs is 1. The van der Waals surface area contributed by atoms with Crippen molar-refractivity contribution in [2.24, 2.45) is 5.92 Å². The predicted molar refractivity (Wildman–Crippen MR) is 70.1 cm³/mol. The number of anilines is 1. The molecular weight excluding hydrogens is 337 g/mol. The van der Waals surface area contributed by atoms with Crippen LogP contribution >= 0.6 is 22.6 Å². The van der Waals surface area contributed by atoms with Crippen LogP contribution in [0.5, 0.6) is 0 Å². The highest BCUT2D eigenvalue weighted by molar-refractivity contribution is 14.1. The standard InChI is InChI=1S/C9H12IN5O2/c10-7-6-8(14-9(11)13-7)15(4-12-6)1-5(2-16)3-17/h4-5,16-17H,1-3H2,(H2,11,13,14). The fourth-order valence-corrected chi connectivity index (χ4v) is 2.14. The predicted octanol–water partition coefficient (Wildman–Crippen LogP) is -0.386. The largest absolute Gasteiger partial charge is 0.396 e. The summed E-state index contributed by atoms with van der Waals surface area (Å²) in [5.41, 5.74) is 6.88. The summed E-state index contributed by atoms with van der Waals surface area (Å²) in [6.45, 7) is 0.262. The average molecular weight is 349 g/mol. The minimum Gasteiger partial charge on any atom is -0.396 e. The summed E-state index contributed by atoms with van der Waals surface area (Å²) < 4.78 is 2.44. The summed E-state index contributed by atoms with van der Waals surface area (Å²) in [4.78, 5) is 12.3. The summed E-state index contributed by atoms with van der Waals surface area (Å²) in [6, 6.07) is 0. The molecule has 0 aliphatic carbocycles. The van der Waals surface area contributed by atoms with Crippen molar-refractivity contribution in [3.8, 4) is 0 Å². The van der Waals surface area contributed by atoms with Crippen molar-refractivity contribution < 1.29 is 10.2 Å². The third-order valence-corrected chi connectivity index (χ3v) is 3.16. The third kappa shape index (κ3) is 2.48. The van der Waals surface area contributed by atoms with E-state index in [1.165, 1.54) is 0 Å². The number of nitrogen functional groups attached to an aromatic ring is 1. The summed E-state index contributed by atoms with van der Waals surface area (Å²) in [5, 5.41) is 18.1. The van der Waals surface area contributed by atoms with Crippen LogP contribution in [0.15, 0.2) is 6.33 Å². The molecule has 0 unspecified atom stereocenters. The lowest BCUT2D eigenvalue weighted by atomic mass is 10.2. The first-order valence-electron chi connectivity index (χ1n) is 5.01. The first-order valence-corrected chi connectivity index (χ1v) is 6.09. The van der Waals surface area contributed by atoms with E-state index in [9.17, 15) is 0 Å². The molecule has 8 heteroatoms. The Hall–Kier alpha value is -1.00. The van der Waals surface area contributed by atoms with Crippen molar-refractivity contribution >= 4 is 39.7 Å². The first kappa shape index (κ1) is 12.5. The summed E-state index contributed by atoms with van der Waals surface area (Å²) >= 11 is 2.04. The molecule has 2 aromatic heterocycles. The van der Waals surface area contributed by atoms with Gasteiger partial charge < -0.3 is 20.5 Å². The van der Waals surface area contributed by atoms with Gasteiger partial charge in [0.1, 0.15) is 9.22 Å². The summed E-state index contributed by atoms with van der Waals surface area (Å²) in [6.07, 6.45) is 1.61. The number of nitrogens with two attached hydrogens (primary N) is 1. The van der Waals surface area contributed by atoms with Gasteiger partial charge in [0.05, 0.1) is 6.33 Å². The van der Waals surface area contributed by atoms with Gasteiger partial charge in [-0.15, -0.1) is 0 Å². The molecule has 0 bridgehead atoms. The van der Waals surface area contributed by atoms with Crippen molar-refractivity contribution in [3.63, 3.8) is 0 Å². The Morgan fingerprint density at radius 3 is 2.71 bits per heavy atom. The van der Waals surface area contributed by atoms with Gasteiger partial charge in [0, 0.05) is 25.7 Å². The molecule has 0 spiro atoms. The quantitative estimate of drug-likeness (QED) is 0.513. The van der Waals surface area contributed by atoms with Crippen LogP contribution in [0.3, 0.4) is 0 Å². The lowest BCUT2D eigenvalue weighted by Crippen LogP contribution is -2.18. The Morgan fingerprint density at radius 2 is 2.06 bits per heavy atom. The third-order valence-electron chi connectivity index (χ3n) is 2.41. The van der Waals surface area contributed by atoms with Crippen molar-refractivity contribution in [2.75, 3.05) is 18.9 Å². The molecule has 92 valence electrons. The molecule has 0 saturated heterocycles. The lowest BCUT2D eigenvalue weighted by Gasteiger charge is -2.11. The second-order valence-corrected chi connectivity index (χ2v) is 4.69. The molecule has 2 heterocycles. The second kappa shape index (κ2) is 5.10. The Morgan fingerprint density at radius 1 is 1.35 bits per heavy atom. The molecule has 2 aromatic rings. The fraction of sp³-hybridized carbons (Fsp3) is 0.444. The first-order chi connectivity index (χ1) is 8.15. The van der Waals surface area contributed by atoms with Crippen LogP contribution in [0.2, 0.25) is 0 Å². The van der Waals surface area contributed by atoms with Gasteiger partial charge in [-0.25, -0.2) is 9.97 Å². The number of hydrogen-bond acceptors (Lipinski definition) is 6. The SMILES string of the molecule is Nc1nc(I)c2ncn(CC(CO)CO)c2n1. The maximum Gasteiger partial charge on any atom is 0.223 e. The second-order valence-electron chi connectivity index (χ2n) is 3.67. The van der Waals surface area contributed by atoms with Gasteiger partial charge in [-0.2, -0.15) is 4.98 Å². The van der Waals surface area contributed by atoms with Gasteiger partial charge in [0.2, 0.25) is 5.95 Å². The van der Waals surface area contributed by atoms with Crippen molar-refractivity contribution in [2.45, 2.75) is 6.54 Å². The van der Waals surface area contributed by atoms with Gasteiger partial charge in [-0.3, -0.25) is 0 Å². The number of imidazole rings is 1. The smallest absolute Gasteiger partial charge is 0.223 e. The zero-order chi connectivity index (χ0) is 12.4. The minimum atomic E-state index is -0.235. The molecule has 0 saturated carbocycles. The Kier molecular flexibility index (Phi) is 3.74. The van der Waals surface area contributed by atoms with Crippen LogP contribution in [0.25, 0.3) is 11.2 Å². The summed E-state index contributed by atoms with van der Waals surface area (Å²) in [7, 11) is 0. The normalized spacial score (nSPS) is 11.5. The highest BCUT2D eigenvalue weighted by Crippen LogP contribution is 2.17. The zero-order valence-corrected chi connectivity index (χ0v) is 11.1. The molecule has 7 nitrogen and oxygen atoms in total. The van der Waals surface area contributed by atoms with Gasteiger partial charge in [-0.1, -0.05) is 0 Å². The molecule has 4 N–H and O–H groups in total. The van der Waals surface area contributed by atoms with E-state index < -0.39 is 0 Å². The molecular formula is C9H12IN5O2. The van der Waals surface area contributed by atoms with Crippen molar-refractivity contribution in [3.05, 3.63) is 10.0 Å². The van der Waals surface area contributed by atoms with Crippen LogP contribution in [0.1, 0.15) is 0 Å². The van der Waals surface area contributed by atoms with Gasteiger partial charge in [-0.05, 0) is 22.6 Å². The molecule has 0 aliphatic heterocycles. The van der Waals surface area contributed by atoms with Crippen LogP contribution in [-0.4, -0.2) is 42.9 Å². The van der Waals surface area contributed by atoms with Crippen LogP contribution in [0, 0.1) is 9.62 Å². The van der Waals surface area contributed by atoms with E-state index in [0.29, 0.717) is 21.4 Å². The topological polar surface area (TPSA) is 110 Å². The maximum absolute atomic E-state index is 9.05. The zero-order valence-electron chi connectivity index (χ0n) is 8.91. The Balaban J connectivity index is 2.42.